The molecule has 2 unspecified atom stereocenters. The summed E-state index contributed by atoms with van der Waals surface area (Å²) < 4.78 is 17.0. The van der Waals surface area contributed by atoms with Crippen molar-refractivity contribution in [2.45, 2.75) is 167 Å². The minimum absolute atomic E-state index is 0.0376. The van der Waals surface area contributed by atoms with E-state index in [0.717, 1.165) is 64.2 Å². The Hall–Kier alpha value is -2.19. The Balaban J connectivity index is 4.43. The van der Waals surface area contributed by atoms with Crippen LogP contribution in [0, 0.1) is 0 Å². The molecule has 274 valence electrons. The summed E-state index contributed by atoms with van der Waals surface area (Å²) in [6, 6.07) is -0.723. The molecular weight excluding hydrogens is 594 g/mol. The van der Waals surface area contributed by atoms with Gasteiger partial charge in [0.1, 0.15) is 12.6 Å². The van der Waals surface area contributed by atoms with Crippen LogP contribution in [0.5, 0.6) is 0 Å². The number of nitrogens with zero attached hydrogens (tertiary/aromatic N) is 1. The Bertz CT molecular complexity index is 834. The molecule has 0 aliphatic rings. The maximum Gasteiger partial charge on any atom is 0.306 e. The second-order valence-corrected chi connectivity index (χ2v) is 13.8. The number of esters is 2. The molecule has 0 aliphatic heterocycles. The van der Waals surface area contributed by atoms with Gasteiger partial charge in [-0.15, -0.1) is 0 Å². The fraction of sp³-hybridized carbons (Fsp3) is 0.821. The normalized spacial score (nSPS) is 13.3. The van der Waals surface area contributed by atoms with Gasteiger partial charge in [-0.1, -0.05) is 115 Å². The lowest BCUT2D eigenvalue weighted by Crippen LogP contribution is -2.55. The van der Waals surface area contributed by atoms with Crippen LogP contribution in [-0.2, 0) is 28.6 Å². The van der Waals surface area contributed by atoms with Crippen molar-refractivity contribution in [3.8, 4) is 0 Å². The van der Waals surface area contributed by atoms with E-state index in [4.69, 9.17) is 14.2 Å². The van der Waals surface area contributed by atoms with Crippen molar-refractivity contribution in [2.75, 3.05) is 41.0 Å². The van der Waals surface area contributed by atoms with E-state index in [2.05, 4.69) is 38.2 Å². The maximum atomic E-state index is 12.6. The quantitative estimate of drug-likeness (QED) is 0.0303. The second kappa shape index (κ2) is 31.1. The largest absolute Gasteiger partial charge is 0.544 e. The molecule has 0 saturated carbocycles. The Morgan fingerprint density at radius 2 is 1.13 bits per heavy atom. The summed E-state index contributed by atoms with van der Waals surface area (Å²) in [7, 11) is 5.39. The van der Waals surface area contributed by atoms with E-state index in [-0.39, 0.29) is 42.7 Å². The Morgan fingerprint density at radius 3 is 1.68 bits per heavy atom. The van der Waals surface area contributed by atoms with Gasteiger partial charge in [0.05, 0.1) is 40.3 Å². The number of unbranched alkanes of at least 4 members (excludes halogenated alkanes) is 15. The fourth-order valence-electron chi connectivity index (χ4n) is 5.33. The highest BCUT2D eigenvalue weighted by molar-refractivity contribution is 5.70. The molecule has 0 aliphatic carbocycles. The van der Waals surface area contributed by atoms with Crippen LogP contribution >= 0.6 is 0 Å². The van der Waals surface area contributed by atoms with Crippen LogP contribution in [0.3, 0.4) is 0 Å². The van der Waals surface area contributed by atoms with Crippen LogP contribution in [-0.4, -0.2) is 75.5 Å². The van der Waals surface area contributed by atoms with Crippen molar-refractivity contribution >= 4 is 17.9 Å². The monoisotopic (exact) mass is 666 g/mol. The third kappa shape index (κ3) is 29.7. The number of hydrogen-bond donors (Lipinski definition) is 0. The molecular formula is C39H71NO7. The molecule has 2 atom stereocenters. The van der Waals surface area contributed by atoms with E-state index in [0.29, 0.717) is 12.8 Å². The number of carboxylic acid groups (broad SMARTS) is 1. The van der Waals surface area contributed by atoms with Gasteiger partial charge in [-0.2, -0.15) is 0 Å². The van der Waals surface area contributed by atoms with Crippen LogP contribution in [0.2, 0.25) is 0 Å². The number of likely N-dealkylation sites (N-methyl/N-ethyl adjacent to an activating group) is 1. The molecule has 0 aromatic heterocycles. The molecule has 0 heterocycles. The highest BCUT2D eigenvalue weighted by Gasteiger charge is 2.25. The van der Waals surface area contributed by atoms with E-state index in [1.165, 1.54) is 57.8 Å². The molecule has 0 amide bonds. The number of hydrogen-bond acceptors (Lipinski definition) is 7. The Morgan fingerprint density at radius 1 is 0.638 bits per heavy atom. The number of rotatable bonds is 33. The van der Waals surface area contributed by atoms with Gasteiger partial charge in [-0.25, -0.2) is 0 Å². The van der Waals surface area contributed by atoms with Gasteiger partial charge in [0.25, 0.3) is 0 Å². The minimum atomic E-state index is -1.13. The number of carbonyl (C=O) groups excluding carboxylic acids is 3. The van der Waals surface area contributed by atoms with Gasteiger partial charge >= 0.3 is 11.9 Å². The van der Waals surface area contributed by atoms with Crippen LogP contribution in [0.15, 0.2) is 24.3 Å². The molecule has 0 aromatic rings. The van der Waals surface area contributed by atoms with E-state index in [9.17, 15) is 19.5 Å². The second-order valence-electron chi connectivity index (χ2n) is 13.8. The molecule has 47 heavy (non-hydrogen) atoms. The molecule has 0 aromatic carbocycles. The molecule has 8 heteroatoms. The number of carboxylic acids is 1. The van der Waals surface area contributed by atoms with Crippen molar-refractivity contribution in [1.29, 1.82) is 0 Å². The molecule has 0 fully saturated rings. The molecule has 0 rings (SSSR count). The SMILES string of the molecule is CCCCC/C=C\C/C=C\CCCCCCCC(=O)OC(COCCC(C(=O)[O-])[N+](C)(C)C)COC(=O)CCCCCCCCCC. The van der Waals surface area contributed by atoms with Crippen LogP contribution in [0.25, 0.3) is 0 Å². The lowest BCUT2D eigenvalue weighted by atomic mass is 10.1. The van der Waals surface area contributed by atoms with Gasteiger partial charge in [-0.3, -0.25) is 9.59 Å². The minimum Gasteiger partial charge on any atom is -0.544 e. The van der Waals surface area contributed by atoms with E-state index < -0.39 is 18.1 Å². The van der Waals surface area contributed by atoms with E-state index in [1.807, 2.05) is 0 Å². The number of allylic oxidation sites excluding steroid dienone is 4. The fourth-order valence-corrected chi connectivity index (χ4v) is 5.33. The molecule has 0 radical (unpaired) electrons. The highest BCUT2D eigenvalue weighted by Crippen LogP contribution is 2.13. The summed E-state index contributed by atoms with van der Waals surface area (Å²) in [5.74, 6) is -1.76. The van der Waals surface area contributed by atoms with Crippen LogP contribution in [0.4, 0.5) is 0 Å². The average Bonchev–Trinajstić information content (AvgIpc) is 3.01. The molecule has 8 nitrogen and oxygen atoms in total. The molecule has 0 spiro atoms. The first-order valence-electron chi connectivity index (χ1n) is 18.9. The standard InChI is InChI=1S/C39H71NO7/c1-6-8-10-12-14-16-17-18-19-20-21-22-24-26-28-30-38(42)47-35(33-45-32-31-36(39(43)44)40(3,4)5)34-46-37(41)29-27-25-23-15-13-11-9-7-2/h14,16,18-19,35-36H,6-13,15,17,20-34H2,1-5H3/b16-14-,19-18-. The first kappa shape index (κ1) is 44.8. The summed E-state index contributed by atoms with van der Waals surface area (Å²) in [5.41, 5.74) is 0. The number of carbonyl (C=O) groups is 3. The molecule has 0 saturated heterocycles. The summed E-state index contributed by atoms with van der Waals surface area (Å²) >= 11 is 0. The first-order valence-corrected chi connectivity index (χ1v) is 18.9. The van der Waals surface area contributed by atoms with Gasteiger partial charge in [0.15, 0.2) is 6.10 Å². The first-order chi connectivity index (χ1) is 22.6. The van der Waals surface area contributed by atoms with Gasteiger partial charge in [-0.05, 0) is 44.9 Å². The van der Waals surface area contributed by atoms with Gasteiger partial charge in [0.2, 0.25) is 0 Å². The number of aliphatic carboxylic acids is 1. The third-order valence-corrected chi connectivity index (χ3v) is 8.34. The number of ether oxygens (including phenoxy) is 3. The summed E-state index contributed by atoms with van der Waals surface area (Å²) in [6.07, 6.45) is 30.6. The lowest BCUT2D eigenvalue weighted by Gasteiger charge is -2.34. The van der Waals surface area contributed by atoms with Crippen molar-refractivity contribution in [2.24, 2.45) is 0 Å². The van der Waals surface area contributed by atoms with Crippen molar-refractivity contribution in [1.82, 2.24) is 0 Å². The van der Waals surface area contributed by atoms with Crippen molar-refractivity contribution in [3.05, 3.63) is 24.3 Å². The zero-order valence-electron chi connectivity index (χ0n) is 30.9. The zero-order valence-corrected chi connectivity index (χ0v) is 30.9. The Kier molecular flexibility index (Phi) is 29.7. The van der Waals surface area contributed by atoms with E-state index >= 15 is 0 Å². The topological polar surface area (TPSA) is 102 Å². The zero-order chi connectivity index (χ0) is 35.0. The summed E-state index contributed by atoms with van der Waals surface area (Å²) in [4.78, 5) is 36.5. The highest BCUT2D eigenvalue weighted by atomic mass is 16.6. The van der Waals surface area contributed by atoms with Gasteiger partial charge in [0, 0.05) is 19.3 Å². The Labute approximate surface area is 288 Å². The van der Waals surface area contributed by atoms with Crippen molar-refractivity contribution in [3.63, 3.8) is 0 Å². The third-order valence-electron chi connectivity index (χ3n) is 8.34. The average molecular weight is 666 g/mol. The predicted molar refractivity (Wildman–Crippen MR) is 190 cm³/mol. The number of quaternary nitrogens is 1. The maximum absolute atomic E-state index is 12.6. The summed E-state index contributed by atoms with van der Waals surface area (Å²) in [5, 5.41) is 11.6. The lowest BCUT2D eigenvalue weighted by molar-refractivity contribution is -0.889. The molecule has 0 N–H and O–H groups in total. The van der Waals surface area contributed by atoms with E-state index in [1.54, 1.807) is 21.1 Å². The summed E-state index contributed by atoms with van der Waals surface area (Å²) in [6.45, 7) is 4.57. The van der Waals surface area contributed by atoms with Crippen LogP contribution in [0.1, 0.15) is 155 Å². The molecule has 0 bridgehead atoms. The predicted octanol–water partition coefficient (Wildman–Crippen LogP) is 8.02. The van der Waals surface area contributed by atoms with Gasteiger partial charge < -0.3 is 28.6 Å². The smallest absolute Gasteiger partial charge is 0.306 e. The van der Waals surface area contributed by atoms with Crippen molar-refractivity contribution < 1.29 is 38.2 Å². The van der Waals surface area contributed by atoms with Crippen LogP contribution < -0.4 is 5.11 Å².